The molecule has 3 rings (SSSR count). The van der Waals surface area contributed by atoms with E-state index in [1.807, 2.05) is 30.3 Å². The summed E-state index contributed by atoms with van der Waals surface area (Å²) in [5.41, 5.74) is 0.738. The van der Waals surface area contributed by atoms with Crippen LogP contribution in [0.1, 0.15) is 18.8 Å². The Bertz CT molecular complexity index is 676. The molecular weight excluding hydrogens is 361 g/mol. The highest BCUT2D eigenvalue weighted by Gasteiger charge is 2.54. The molecule has 1 aromatic rings. The van der Waals surface area contributed by atoms with Crippen molar-refractivity contribution in [2.75, 3.05) is 13.7 Å². The normalized spacial score (nSPS) is 34.8. The summed E-state index contributed by atoms with van der Waals surface area (Å²) in [5, 5.41) is 28.2. The van der Waals surface area contributed by atoms with Gasteiger partial charge in [-0.3, -0.25) is 0 Å². The number of hydrogen-bond acceptors (Lipinski definition) is 7. The third-order valence-electron chi connectivity index (χ3n) is 4.55. The van der Waals surface area contributed by atoms with Crippen molar-refractivity contribution in [1.29, 1.82) is 0 Å². The Kier molecular flexibility index (Phi) is 6.00. The van der Waals surface area contributed by atoms with E-state index in [0.29, 0.717) is 0 Å². The van der Waals surface area contributed by atoms with E-state index >= 15 is 0 Å². The summed E-state index contributed by atoms with van der Waals surface area (Å²) in [5.74, 6) is -1.36. The number of fused-ring (bicyclic) bond motifs is 1. The number of carboxylic acid groups (broad SMARTS) is 1. The summed E-state index contributed by atoms with van der Waals surface area (Å²) in [6.07, 6.45) is -7.23. The molecule has 148 valence electrons. The Hall–Kier alpha value is -2.14. The lowest BCUT2D eigenvalue weighted by atomic mass is 9.91. The first-order chi connectivity index (χ1) is 12.9. The van der Waals surface area contributed by atoms with Gasteiger partial charge in [0.2, 0.25) is 0 Å². The second kappa shape index (κ2) is 8.26. The van der Waals surface area contributed by atoms with Crippen molar-refractivity contribution in [2.24, 2.45) is 10.3 Å². The van der Waals surface area contributed by atoms with Crippen molar-refractivity contribution in [2.45, 2.75) is 50.0 Å². The number of carbonyl (C=O) groups is 1. The van der Waals surface area contributed by atoms with E-state index < -0.39 is 49.0 Å². The maximum absolute atomic E-state index is 14.2. The average molecular weight is 383 g/mol. The van der Waals surface area contributed by atoms with E-state index in [0.717, 1.165) is 10.6 Å². The van der Waals surface area contributed by atoms with Gasteiger partial charge in [-0.15, -0.1) is 0 Å². The molecule has 0 spiro atoms. The van der Waals surface area contributed by atoms with Crippen LogP contribution in [0.5, 0.6) is 0 Å². The second-order valence-electron chi connectivity index (χ2n) is 6.33. The maximum atomic E-state index is 14.2. The Morgan fingerprint density at radius 2 is 2.04 bits per heavy atom. The van der Waals surface area contributed by atoms with Crippen LogP contribution in [0.2, 0.25) is 0 Å². The summed E-state index contributed by atoms with van der Waals surface area (Å²) < 4.78 is 31.3. The highest BCUT2D eigenvalue weighted by atomic mass is 19.1. The molecule has 2 aliphatic heterocycles. The molecule has 7 atom stereocenters. The van der Waals surface area contributed by atoms with Gasteiger partial charge in [0.25, 0.3) is 0 Å². The SMILES string of the molecule is CN=NN(C(C)F)[C@@H]1[C@@H](O)[C@H](C(=O)O)O[C@@H]2CO[C@H](c3ccccc3)O[C@H]12. The molecule has 0 saturated carbocycles. The van der Waals surface area contributed by atoms with Crippen LogP contribution in [-0.4, -0.2) is 71.6 Å². The fourth-order valence-electron chi connectivity index (χ4n) is 3.37. The van der Waals surface area contributed by atoms with E-state index in [9.17, 15) is 19.4 Å². The van der Waals surface area contributed by atoms with Crippen LogP contribution in [0.25, 0.3) is 0 Å². The van der Waals surface area contributed by atoms with Gasteiger partial charge >= 0.3 is 5.97 Å². The molecular formula is C17H22FN3O6. The average Bonchev–Trinajstić information content (AvgIpc) is 2.66. The Morgan fingerprint density at radius 3 is 2.63 bits per heavy atom. The van der Waals surface area contributed by atoms with Gasteiger partial charge in [0.1, 0.15) is 24.4 Å². The van der Waals surface area contributed by atoms with Crippen LogP contribution in [0, 0.1) is 0 Å². The summed E-state index contributed by atoms with van der Waals surface area (Å²) in [4.78, 5) is 11.5. The summed E-state index contributed by atoms with van der Waals surface area (Å²) in [6, 6.07) is 7.97. The van der Waals surface area contributed by atoms with E-state index in [2.05, 4.69) is 10.3 Å². The van der Waals surface area contributed by atoms with E-state index in [1.54, 1.807) is 0 Å². The fourth-order valence-corrected chi connectivity index (χ4v) is 3.37. The van der Waals surface area contributed by atoms with Gasteiger partial charge in [-0.05, 0) is 6.92 Å². The fraction of sp³-hybridized carbons (Fsp3) is 0.588. The highest BCUT2D eigenvalue weighted by molar-refractivity contribution is 5.73. The number of ether oxygens (including phenoxy) is 3. The van der Waals surface area contributed by atoms with Crippen molar-refractivity contribution < 1.29 is 33.6 Å². The molecule has 27 heavy (non-hydrogen) atoms. The molecule has 1 unspecified atom stereocenters. The minimum Gasteiger partial charge on any atom is -0.479 e. The summed E-state index contributed by atoms with van der Waals surface area (Å²) >= 11 is 0. The van der Waals surface area contributed by atoms with Crippen LogP contribution in [0.4, 0.5) is 4.39 Å². The second-order valence-corrected chi connectivity index (χ2v) is 6.33. The molecule has 2 N–H and O–H groups in total. The lowest BCUT2D eigenvalue weighted by Crippen LogP contribution is -2.68. The van der Waals surface area contributed by atoms with Gasteiger partial charge in [0.15, 0.2) is 18.7 Å². The van der Waals surface area contributed by atoms with Crippen molar-refractivity contribution in [3.63, 3.8) is 0 Å². The number of aliphatic hydroxyl groups is 1. The molecule has 0 aromatic heterocycles. The van der Waals surface area contributed by atoms with Crippen molar-refractivity contribution in [1.82, 2.24) is 5.01 Å². The molecule has 2 heterocycles. The molecule has 0 bridgehead atoms. The number of nitrogens with zero attached hydrogens (tertiary/aromatic N) is 3. The van der Waals surface area contributed by atoms with Crippen LogP contribution in [0.3, 0.4) is 0 Å². The number of carboxylic acids is 1. The number of benzene rings is 1. The van der Waals surface area contributed by atoms with Gasteiger partial charge in [0.05, 0.1) is 13.7 Å². The molecule has 9 nitrogen and oxygen atoms in total. The van der Waals surface area contributed by atoms with Crippen LogP contribution >= 0.6 is 0 Å². The molecule has 2 saturated heterocycles. The zero-order valence-electron chi connectivity index (χ0n) is 14.9. The highest BCUT2D eigenvalue weighted by Crippen LogP contribution is 2.37. The molecule has 2 fully saturated rings. The minimum absolute atomic E-state index is 0.0228. The van der Waals surface area contributed by atoms with Crippen LogP contribution in [-0.2, 0) is 19.0 Å². The molecule has 0 amide bonds. The van der Waals surface area contributed by atoms with Crippen LogP contribution < -0.4 is 0 Å². The first kappa shape index (κ1) is 19.6. The van der Waals surface area contributed by atoms with Gasteiger partial charge in [-0.25, -0.2) is 14.2 Å². The predicted molar refractivity (Wildman–Crippen MR) is 89.3 cm³/mol. The van der Waals surface area contributed by atoms with Crippen molar-refractivity contribution in [3.05, 3.63) is 35.9 Å². The van der Waals surface area contributed by atoms with Gasteiger partial charge in [-0.1, -0.05) is 35.6 Å². The predicted octanol–water partition coefficient (Wildman–Crippen LogP) is 1.30. The lowest BCUT2D eigenvalue weighted by molar-refractivity contribution is -0.321. The van der Waals surface area contributed by atoms with Gasteiger partial charge in [-0.2, -0.15) is 5.11 Å². The Labute approximate surface area is 155 Å². The zero-order chi connectivity index (χ0) is 19.6. The molecule has 0 aliphatic carbocycles. The van der Waals surface area contributed by atoms with Crippen molar-refractivity contribution in [3.8, 4) is 0 Å². The molecule has 2 aliphatic rings. The molecule has 10 heteroatoms. The standard InChI is InChI=1S/C17H22FN3O6/c1-9(18)21(20-19-2)12-13(22)15(16(23)24)26-11-8-25-17(27-14(11)12)10-6-4-3-5-7-10/h3-7,9,11-15,17,22H,8H2,1-2H3,(H,23,24)/t9?,11-,12-,13-,14+,15-,17+/m1/s1. The molecule has 0 radical (unpaired) electrons. The number of rotatable bonds is 5. The van der Waals surface area contributed by atoms with Gasteiger partial charge < -0.3 is 24.4 Å². The monoisotopic (exact) mass is 383 g/mol. The largest absolute Gasteiger partial charge is 0.479 e. The number of halogens is 1. The number of aliphatic carboxylic acids is 1. The van der Waals surface area contributed by atoms with Crippen LogP contribution in [0.15, 0.2) is 40.7 Å². The third-order valence-corrected chi connectivity index (χ3v) is 4.55. The number of alkyl halides is 1. The topological polar surface area (TPSA) is 113 Å². The minimum atomic E-state index is -1.64. The van der Waals surface area contributed by atoms with Gasteiger partial charge in [0, 0.05) is 5.56 Å². The maximum Gasteiger partial charge on any atom is 0.335 e. The van der Waals surface area contributed by atoms with Crippen molar-refractivity contribution >= 4 is 5.97 Å². The number of aliphatic hydroxyl groups excluding tert-OH is 1. The summed E-state index contributed by atoms with van der Waals surface area (Å²) in [6.45, 7) is 1.24. The van der Waals surface area contributed by atoms with E-state index in [4.69, 9.17) is 14.2 Å². The third kappa shape index (κ3) is 3.93. The molecule has 1 aromatic carbocycles. The first-order valence-electron chi connectivity index (χ1n) is 8.54. The zero-order valence-corrected chi connectivity index (χ0v) is 14.9. The Morgan fingerprint density at radius 1 is 1.33 bits per heavy atom. The lowest BCUT2D eigenvalue weighted by Gasteiger charge is -2.49. The van der Waals surface area contributed by atoms with E-state index in [1.165, 1.54) is 14.0 Å². The number of hydrogen-bond donors (Lipinski definition) is 2. The summed E-state index contributed by atoms with van der Waals surface area (Å²) in [7, 11) is 1.35. The smallest absolute Gasteiger partial charge is 0.335 e. The Balaban J connectivity index is 1.93. The first-order valence-corrected chi connectivity index (χ1v) is 8.54. The van der Waals surface area contributed by atoms with E-state index in [-0.39, 0.29) is 6.61 Å². The quantitative estimate of drug-likeness (QED) is 0.448.